The van der Waals surface area contributed by atoms with Gasteiger partial charge in [0.2, 0.25) is 0 Å². The Morgan fingerprint density at radius 2 is 2.27 bits per heavy atom. The summed E-state index contributed by atoms with van der Waals surface area (Å²) in [6, 6.07) is 2.95. The van der Waals surface area contributed by atoms with E-state index in [0.717, 1.165) is 6.20 Å². The van der Waals surface area contributed by atoms with Crippen molar-refractivity contribution in [3.8, 4) is 6.07 Å². The van der Waals surface area contributed by atoms with Crippen molar-refractivity contribution in [1.82, 2.24) is 4.98 Å². The maximum atomic E-state index is 10.4. The van der Waals surface area contributed by atoms with Gasteiger partial charge in [-0.1, -0.05) is 0 Å². The first-order chi connectivity index (χ1) is 7.04. The van der Waals surface area contributed by atoms with Crippen LogP contribution in [0.5, 0.6) is 0 Å². The maximum Gasteiger partial charge on any atom is 0.490 e. The molecular weight excluding hydrogens is 199 g/mol. The van der Waals surface area contributed by atoms with E-state index in [1.807, 2.05) is 0 Å². The van der Waals surface area contributed by atoms with Gasteiger partial charge in [-0.3, -0.25) is 9.78 Å². The van der Waals surface area contributed by atoms with Gasteiger partial charge >= 0.3 is 13.1 Å². The normalized spacial score (nSPS) is 9.40. The summed E-state index contributed by atoms with van der Waals surface area (Å²) in [5.41, 5.74) is 0.193. The Labute approximate surface area is 85.6 Å². The fourth-order valence-electron chi connectivity index (χ4n) is 1.03. The van der Waals surface area contributed by atoms with E-state index in [-0.39, 0.29) is 23.1 Å². The molecule has 76 valence electrons. The summed E-state index contributed by atoms with van der Waals surface area (Å²) in [4.78, 5) is 14.1. The number of carbonyl (C=O) groups is 1. The van der Waals surface area contributed by atoms with Crippen molar-refractivity contribution in [2.75, 3.05) is 0 Å². The molecule has 0 aliphatic heterocycles. The van der Waals surface area contributed by atoms with Crippen molar-refractivity contribution in [3.63, 3.8) is 0 Å². The van der Waals surface area contributed by atoms with Crippen LogP contribution in [0.4, 0.5) is 0 Å². The van der Waals surface area contributed by atoms with E-state index >= 15 is 0 Å². The number of rotatable bonds is 3. The van der Waals surface area contributed by atoms with Crippen LogP contribution >= 0.6 is 0 Å². The van der Waals surface area contributed by atoms with Gasteiger partial charge in [0.05, 0.1) is 17.7 Å². The van der Waals surface area contributed by atoms with Crippen LogP contribution in [0.3, 0.4) is 0 Å². The Hall–Kier alpha value is -1.91. The smallest absolute Gasteiger partial charge is 0.481 e. The summed E-state index contributed by atoms with van der Waals surface area (Å²) < 4.78 is 0. The minimum Gasteiger partial charge on any atom is -0.481 e. The molecule has 1 rings (SSSR count). The number of carboxylic acid groups (broad SMARTS) is 1. The number of aliphatic carboxylic acids is 1. The van der Waals surface area contributed by atoms with Gasteiger partial charge < -0.3 is 15.2 Å². The molecule has 6 nitrogen and oxygen atoms in total. The molecule has 0 spiro atoms. The van der Waals surface area contributed by atoms with Crippen molar-refractivity contribution < 1.29 is 19.9 Å². The molecule has 0 amide bonds. The third-order valence-electron chi connectivity index (χ3n) is 1.73. The highest BCUT2D eigenvalue weighted by molar-refractivity contribution is 6.58. The second-order valence-corrected chi connectivity index (χ2v) is 2.82. The summed E-state index contributed by atoms with van der Waals surface area (Å²) in [7, 11) is -1.72. The lowest BCUT2D eigenvalue weighted by Gasteiger charge is -2.03. The highest BCUT2D eigenvalue weighted by Gasteiger charge is 2.15. The first kappa shape index (κ1) is 11.2. The molecular formula is C8H7BN2O4. The largest absolute Gasteiger partial charge is 0.490 e. The molecule has 0 saturated heterocycles. The number of hydrogen-bond acceptors (Lipinski definition) is 5. The van der Waals surface area contributed by atoms with E-state index in [4.69, 9.17) is 20.4 Å². The molecule has 0 saturated carbocycles. The summed E-state index contributed by atoms with van der Waals surface area (Å²) >= 11 is 0. The third-order valence-corrected chi connectivity index (χ3v) is 1.73. The topological polar surface area (TPSA) is 114 Å². The number of carboxylic acids is 1. The standard InChI is InChI=1S/C8H7BN2O4/c10-3-5-1-6(9(14)15)4-11-7(5)2-8(12)13/h1,4,14-15H,2H2,(H,12,13). The van der Waals surface area contributed by atoms with E-state index in [1.54, 1.807) is 6.07 Å². The lowest BCUT2D eigenvalue weighted by molar-refractivity contribution is -0.136. The number of aromatic nitrogens is 1. The second-order valence-electron chi connectivity index (χ2n) is 2.82. The minimum atomic E-state index is -1.72. The molecule has 1 aromatic heterocycles. The zero-order chi connectivity index (χ0) is 11.4. The molecule has 0 radical (unpaired) electrons. The van der Waals surface area contributed by atoms with Crippen LogP contribution in [0.25, 0.3) is 0 Å². The van der Waals surface area contributed by atoms with E-state index in [2.05, 4.69) is 4.98 Å². The van der Waals surface area contributed by atoms with Crippen LogP contribution in [0.15, 0.2) is 12.3 Å². The van der Waals surface area contributed by atoms with Gasteiger partial charge in [0.1, 0.15) is 6.07 Å². The number of nitriles is 1. The van der Waals surface area contributed by atoms with Crippen LogP contribution in [-0.2, 0) is 11.2 Å². The van der Waals surface area contributed by atoms with Crippen LogP contribution in [-0.4, -0.2) is 33.2 Å². The van der Waals surface area contributed by atoms with Gasteiger partial charge in [0.25, 0.3) is 0 Å². The molecule has 0 aromatic carbocycles. The molecule has 0 atom stereocenters. The molecule has 0 fully saturated rings. The Morgan fingerprint density at radius 3 is 2.73 bits per heavy atom. The van der Waals surface area contributed by atoms with Gasteiger partial charge in [-0.25, -0.2) is 0 Å². The van der Waals surface area contributed by atoms with Crippen molar-refractivity contribution in [3.05, 3.63) is 23.5 Å². The van der Waals surface area contributed by atoms with Gasteiger partial charge in [-0.2, -0.15) is 5.26 Å². The molecule has 15 heavy (non-hydrogen) atoms. The molecule has 7 heteroatoms. The van der Waals surface area contributed by atoms with Crippen molar-refractivity contribution in [2.45, 2.75) is 6.42 Å². The lowest BCUT2D eigenvalue weighted by atomic mass is 9.80. The molecule has 1 heterocycles. The Morgan fingerprint density at radius 1 is 1.60 bits per heavy atom. The Balaban J connectivity index is 3.10. The Kier molecular flexibility index (Phi) is 3.39. The lowest BCUT2D eigenvalue weighted by Crippen LogP contribution is -2.31. The monoisotopic (exact) mass is 206 g/mol. The SMILES string of the molecule is N#Cc1cc(B(O)O)cnc1CC(=O)O. The van der Waals surface area contributed by atoms with Crippen LogP contribution < -0.4 is 5.46 Å². The minimum absolute atomic E-state index is 0.0306. The molecule has 1 aromatic rings. The fraction of sp³-hybridized carbons (Fsp3) is 0.125. The van der Waals surface area contributed by atoms with Gasteiger partial charge in [-0.05, 0) is 6.07 Å². The number of pyridine rings is 1. The second kappa shape index (κ2) is 4.55. The van der Waals surface area contributed by atoms with E-state index in [0.29, 0.717) is 0 Å². The number of hydrogen-bond donors (Lipinski definition) is 3. The number of nitrogens with zero attached hydrogens (tertiary/aromatic N) is 2. The van der Waals surface area contributed by atoms with Gasteiger partial charge in [0, 0.05) is 11.7 Å². The molecule has 0 bridgehead atoms. The average Bonchev–Trinajstić information content (AvgIpc) is 2.17. The van der Waals surface area contributed by atoms with Crippen LogP contribution in [0, 0.1) is 11.3 Å². The van der Waals surface area contributed by atoms with E-state index in [9.17, 15) is 4.79 Å². The van der Waals surface area contributed by atoms with Gasteiger partial charge in [-0.15, -0.1) is 0 Å². The summed E-state index contributed by atoms with van der Waals surface area (Å²) in [6.45, 7) is 0. The predicted molar refractivity (Wildman–Crippen MR) is 50.1 cm³/mol. The first-order valence-corrected chi connectivity index (χ1v) is 4.01. The molecule has 0 unspecified atom stereocenters. The van der Waals surface area contributed by atoms with Gasteiger partial charge in [0.15, 0.2) is 0 Å². The highest BCUT2D eigenvalue weighted by Crippen LogP contribution is 2.03. The zero-order valence-corrected chi connectivity index (χ0v) is 7.58. The Bertz CT molecular complexity index is 427. The predicted octanol–water partition coefficient (Wildman–Crippen LogP) is -1.74. The van der Waals surface area contributed by atoms with Crippen LogP contribution in [0.1, 0.15) is 11.3 Å². The molecule has 3 N–H and O–H groups in total. The molecule has 0 aliphatic rings. The summed E-state index contributed by atoms with van der Waals surface area (Å²) in [6.07, 6.45) is 0.758. The maximum absolute atomic E-state index is 10.4. The quantitative estimate of drug-likeness (QED) is 0.505. The zero-order valence-electron chi connectivity index (χ0n) is 7.58. The van der Waals surface area contributed by atoms with Crippen LogP contribution in [0.2, 0.25) is 0 Å². The van der Waals surface area contributed by atoms with E-state index < -0.39 is 13.1 Å². The average molecular weight is 206 g/mol. The van der Waals surface area contributed by atoms with Crippen molar-refractivity contribution in [1.29, 1.82) is 5.26 Å². The van der Waals surface area contributed by atoms with Crippen molar-refractivity contribution >= 4 is 18.6 Å². The fourth-order valence-corrected chi connectivity index (χ4v) is 1.03. The molecule has 0 aliphatic carbocycles. The summed E-state index contributed by atoms with van der Waals surface area (Å²) in [5.74, 6) is -1.10. The van der Waals surface area contributed by atoms with E-state index in [1.165, 1.54) is 6.07 Å². The summed E-state index contributed by atoms with van der Waals surface area (Å²) in [5, 5.41) is 34.8. The highest BCUT2D eigenvalue weighted by atomic mass is 16.4. The van der Waals surface area contributed by atoms with Crippen molar-refractivity contribution in [2.24, 2.45) is 0 Å². The first-order valence-electron chi connectivity index (χ1n) is 4.01. The third kappa shape index (κ3) is 2.77.